The number of primary amides is 1. The molecule has 1 saturated heterocycles. The van der Waals surface area contributed by atoms with Crippen molar-refractivity contribution >= 4 is 23.5 Å². The van der Waals surface area contributed by atoms with Gasteiger partial charge in [-0.1, -0.05) is 24.3 Å². The van der Waals surface area contributed by atoms with Gasteiger partial charge in [0.05, 0.1) is 11.6 Å². The number of carbonyl (C=O) groups excluding carboxylic acids is 3. The molecule has 140 valence electrons. The van der Waals surface area contributed by atoms with Gasteiger partial charge in [0.15, 0.2) is 0 Å². The van der Waals surface area contributed by atoms with E-state index in [-0.39, 0.29) is 24.2 Å². The largest absolute Gasteiger partial charge is 0.447 e. The molecule has 0 aliphatic carbocycles. The zero-order chi connectivity index (χ0) is 19.6. The number of nitrogens with zero attached hydrogens (tertiary/aromatic N) is 1. The molecule has 2 atom stereocenters. The van der Waals surface area contributed by atoms with Crippen molar-refractivity contribution in [2.75, 3.05) is 11.4 Å². The normalized spacial score (nSPS) is 17.6. The highest BCUT2D eigenvalue weighted by atomic mass is 19.1. The van der Waals surface area contributed by atoms with Crippen LogP contribution in [0.15, 0.2) is 48.5 Å². The van der Waals surface area contributed by atoms with Crippen LogP contribution in [0.1, 0.15) is 18.1 Å². The van der Waals surface area contributed by atoms with E-state index in [0.29, 0.717) is 0 Å². The summed E-state index contributed by atoms with van der Waals surface area (Å²) in [6.07, 6.45) is -1.59. The molecule has 2 N–H and O–H groups in total. The second kappa shape index (κ2) is 7.53. The van der Waals surface area contributed by atoms with Crippen molar-refractivity contribution in [2.24, 2.45) is 11.7 Å². The van der Waals surface area contributed by atoms with Gasteiger partial charge in [-0.15, -0.1) is 0 Å². The fourth-order valence-electron chi connectivity index (χ4n) is 2.91. The Bertz CT molecular complexity index is 886. The fourth-order valence-corrected chi connectivity index (χ4v) is 2.91. The minimum absolute atomic E-state index is 0.0720. The maximum absolute atomic E-state index is 13.9. The summed E-state index contributed by atoms with van der Waals surface area (Å²) in [5.74, 6) is -4.14. The molecule has 2 aromatic rings. The quantitative estimate of drug-likeness (QED) is 0.812. The summed E-state index contributed by atoms with van der Waals surface area (Å²) in [7, 11) is 0. The first-order valence-electron chi connectivity index (χ1n) is 8.17. The van der Waals surface area contributed by atoms with Crippen molar-refractivity contribution < 1.29 is 27.9 Å². The lowest BCUT2D eigenvalue weighted by atomic mass is 10.1. The molecule has 0 aromatic heterocycles. The molecule has 1 aliphatic rings. The number of ether oxygens (including phenoxy) is 1. The van der Waals surface area contributed by atoms with Gasteiger partial charge in [0.25, 0.3) is 5.91 Å². The van der Waals surface area contributed by atoms with Gasteiger partial charge in [-0.3, -0.25) is 14.4 Å². The van der Waals surface area contributed by atoms with E-state index in [1.807, 2.05) is 0 Å². The number of hydrogen-bond donors (Lipinski definition) is 1. The lowest BCUT2D eigenvalue weighted by molar-refractivity contribution is -0.159. The topological polar surface area (TPSA) is 89.7 Å². The van der Waals surface area contributed by atoms with E-state index in [9.17, 15) is 23.2 Å². The molecule has 1 heterocycles. The SMILES string of the molecule is NC(=O)[C@H](OC(=O)[C@H]1CC(=O)N(c2ccccc2F)C1)c1ccc(F)cc1. The number of benzene rings is 2. The first-order chi connectivity index (χ1) is 12.9. The summed E-state index contributed by atoms with van der Waals surface area (Å²) >= 11 is 0. The van der Waals surface area contributed by atoms with Crippen LogP contribution in [0, 0.1) is 17.6 Å². The molecular weight excluding hydrogens is 358 g/mol. The molecule has 2 aromatic carbocycles. The fraction of sp³-hybridized carbons (Fsp3) is 0.211. The number of para-hydroxylation sites is 1. The molecule has 3 rings (SSSR count). The molecule has 2 amide bonds. The summed E-state index contributed by atoms with van der Waals surface area (Å²) in [6.45, 7) is -0.0759. The summed E-state index contributed by atoms with van der Waals surface area (Å²) < 4.78 is 32.1. The number of anilines is 1. The van der Waals surface area contributed by atoms with E-state index in [2.05, 4.69) is 0 Å². The van der Waals surface area contributed by atoms with Crippen LogP contribution in [0.25, 0.3) is 0 Å². The second-order valence-corrected chi connectivity index (χ2v) is 6.13. The van der Waals surface area contributed by atoms with Crippen LogP contribution in [0.3, 0.4) is 0 Å². The van der Waals surface area contributed by atoms with Gasteiger partial charge in [-0.25, -0.2) is 8.78 Å². The van der Waals surface area contributed by atoms with Gasteiger partial charge in [-0.2, -0.15) is 0 Å². The molecule has 6 nitrogen and oxygen atoms in total. The molecular formula is C19H16F2N2O4. The monoisotopic (exact) mass is 374 g/mol. The molecule has 0 radical (unpaired) electrons. The molecule has 0 spiro atoms. The van der Waals surface area contributed by atoms with E-state index in [1.54, 1.807) is 6.07 Å². The minimum Gasteiger partial charge on any atom is -0.447 e. The smallest absolute Gasteiger partial charge is 0.312 e. The van der Waals surface area contributed by atoms with Gasteiger partial charge in [0, 0.05) is 18.5 Å². The Hall–Kier alpha value is -3.29. The minimum atomic E-state index is -1.41. The summed E-state index contributed by atoms with van der Waals surface area (Å²) in [5, 5.41) is 0. The third-order valence-corrected chi connectivity index (χ3v) is 4.27. The van der Waals surface area contributed by atoms with E-state index in [1.165, 1.54) is 35.2 Å². The zero-order valence-electron chi connectivity index (χ0n) is 14.1. The van der Waals surface area contributed by atoms with Gasteiger partial charge in [0.2, 0.25) is 12.0 Å². The van der Waals surface area contributed by atoms with E-state index in [0.717, 1.165) is 12.1 Å². The number of rotatable bonds is 5. The van der Waals surface area contributed by atoms with Crippen molar-refractivity contribution in [3.8, 4) is 0 Å². The summed E-state index contributed by atoms with van der Waals surface area (Å²) in [5.41, 5.74) is 5.57. The lowest BCUT2D eigenvalue weighted by Crippen LogP contribution is -2.31. The average molecular weight is 374 g/mol. The zero-order valence-corrected chi connectivity index (χ0v) is 14.1. The third-order valence-electron chi connectivity index (χ3n) is 4.27. The van der Waals surface area contributed by atoms with Crippen LogP contribution < -0.4 is 10.6 Å². The Kier molecular flexibility index (Phi) is 5.16. The first kappa shape index (κ1) is 18.5. The predicted octanol–water partition coefficient (Wildman–Crippen LogP) is 2.09. The molecule has 0 saturated carbocycles. The van der Waals surface area contributed by atoms with E-state index < -0.39 is 41.4 Å². The highest BCUT2D eigenvalue weighted by Gasteiger charge is 2.38. The van der Waals surface area contributed by atoms with Gasteiger partial charge in [0.1, 0.15) is 11.6 Å². The Balaban J connectivity index is 1.74. The predicted molar refractivity (Wildman–Crippen MR) is 91.3 cm³/mol. The maximum Gasteiger partial charge on any atom is 0.312 e. The second-order valence-electron chi connectivity index (χ2n) is 6.13. The van der Waals surface area contributed by atoms with Crippen LogP contribution in [-0.4, -0.2) is 24.3 Å². The Morgan fingerprint density at radius 1 is 1.11 bits per heavy atom. The molecule has 8 heteroatoms. The van der Waals surface area contributed by atoms with Crippen LogP contribution in [0.5, 0.6) is 0 Å². The van der Waals surface area contributed by atoms with Crippen molar-refractivity contribution in [1.29, 1.82) is 0 Å². The van der Waals surface area contributed by atoms with Crippen LogP contribution in [-0.2, 0) is 19.1 Å². The number of halogens is 2. The highest BCUT2D eigenvalue weighted by Crippen LogP contribution is 2.29. The molecule has 27 heavy (non-hydrogen) atoms. The van der Waals surface area contributed by atoms with Crippen LogP contribution in [0.2, 0.25) is 0 Å². The number of hydrogen-bond acceptors (Lipinski definition) is 4. The lowest BCUT2D eigenvalue weighted by Gasteiger charge is -2.19. The summed E-state index contributed by atoms with van der Waals surface area (Å²) in [6, 6.07) is 10.5. The summed E-state index contributed by atoms with van der Waals surface area (Å²) in [4.78, 5) is 37.4. The van der Waals surface area contributed by atoms with Crippen LogP contribution in [0.4, 0.5) is 14.5 Å². The highest BCUT2D eigenvalue weighted by molar-refractivity contribution is 5.99. The van der Waals surface area contributed by atoms with Crippen LogP contribution >= 0.6 is 0 Å². The maximum atomic E-state index is 13.9. The number of nitrogens with two attached hydrogens (primary N) is 1. The van der Waals surface area contributed by atoms with E-state index in [4.69, 9.17) is 10.5 Å². The number of amides is 2. The third kappa shape index (κ3) is 3.94. The van der Waals surface area contributed by atoms with Gasteiger partial charge >= 0.3 is 5.97 Å². The Labute approximate surface area is 153 Å². The molecule has 0 unspecified atom stereocenters. The Morgan fingerprint density at radius 3 is 2.41 bits per heavy atom. The molecule has 1 fully saturated rings. The van der Waals surface area contributed by atoms with Gasteiger partial charge in [-0.05, 0) is 24.3 Å². The molecule has 0 bridgehead atoms. The average Bonchev–Trinajstić information content (AvgIpc) is 3.02. The standard InChI is InChI=1S/C19H16F2N2O4/c20-13-7-5-11(6-8-13)17(18(22)25)27-19(26)12-9-16(24)23(10-12)15-4-2-1-3-14(15)21/h1-8,12,17H,9-10H2,(H2,22,25)/t12-,17+/m0/s1. The van der Waals surface area contributed by atoms with Crippen molar-refractivity contribution in [3.05, 3.63) is 65.7 Å². The first-order valence-corrected chi connectivity index (χ1v) is 8.17. The number of esters is 1. The van der Waals surface area contributed by atoms with Crippen molar-refractivity contribution in [2.45, 2.75) is 12.5 Å². The molecule has 1 aliphatic heterocycles. The Morgan fingerprint density at radius 2 is 1.78 bits per heavy atom. The van der Waals surface area contributed by atoms with E-state index >= 15 is 0 Å². The van der Waals surface area contributed by atoms with Gasteiger partial charge < -0.3 is 15.4 Å². The number of carbonyl (C=O) groups is 3. The van der Waals surface area contributed by atoms with Crippen molar-refractivity contribution in [3.63, 3.8) is 0 Å². The van der Waals surface area contributed by atoms with Crippen molar-refractivity contribution in [1.82, 2.24) is 0 Å².